The van der Waals surface area contributed by atoms with Crippen LogP contribution < -0.4 is 9.64 Å². The molecule has 0 bridgehead atoms. The molecule has 2 aliphatic rings. The molecule has 2 atom stereocenters. The number of carboxylic acid groups (broad SMARTS) is 1. The van der Waals surface area contributed by atoms with Crippen LogP contribution in [0.1, 0.15) is 49.8 Å². The van der Waals surface area contributed by atoms with E-state index in [0.29, 0.717) is 10.2 Å². The van der Waals surface area contributed by atoms with Gasteiger partial charge in [0.15, 0.2) is 0 Å². The molecule has 1 fully saturated rings. The summed E-state index contributed by atoms with van der Waals surface area (Å²) in [7, 11) is 2.07. The van der Waals surface area contributed by atoms with Gasteiger partial charge >= 0.3 is 12.1 Å². The molecule has 7 nitrogen and oxygen atoms in total. The molecular weight excluding hydrogens is 394 g/mol. The number of nitrogens with zero attached hydrogens (tertiary/aromatic N) is 3. The zero-order chi connectivity index (χ0) is 22.0. The SMILES string of the molecule is CC(=O)[N+](C)(C1CCN(c2ccncc2)CC1)C1CCCc2ccc(OC(=O)O)cc21. The van der Waals surface area contributed by atoms with E-state index in [4.69, 9.17) is 9.84 Å². The quantitative estimate of drug-likeness (QED) is 0.451. The molecule has 1 amide bonds. The Hall–Kier alpha value is -2.93. The van der Waals surface area contributed by atoms with Gasteiger partial charge in [-0.2, -0.15) is 0 Å². The lowest BCUT2D eigenvalue weighted by molar-refractivity contribution is -0.892. The predicted octanol–water partition coefficient (Wildman–Crippen LogP) is 4.18. The highest BCUT2D eigenvalue weighted by atomic mass is 16.7. The minimum Gasteiger partial charge on any atom is -0.449 e. The molecule has 1 aliphatic carbocycles. The van der Waals surface area contributed by atoms with Crippen LogP contribution >= 0.6 is 0 Å². The molecular formula is C24H30N3O4+. The van der Waals surface area contributed by atoms with Crippen LogP contribution in [0.3, 0.4) is 0 Å². The van der Waals surface area contributed by atoms with Crippen molar-refractivity contribution in [2.45, 2.75) is 51.1 Å². The first-order chi connectivity index (χ1) is 14.9. The summed E-state index contributed by atoms with van der Waals surface area (Å²) >= 11 is 0. The Morgan fingerprint density at radius 3 is 2.48 bits per heavy atom. The molecule has 164 valence electrons. The highest BCUT2D eigenvalue weighted by molar-refractivity contribution is 5.66. The number of anilines is 1. The molecule has 0 saturated carbocycles. The van der Waals surface area contributed by atoms with Gasteiger partial charge in [0.25, 0.3) is 0 Å². The van der Waals surface area contributed by atoms with Crippen molar-refractivity contribution in [3.8, 4) is 5.75 Å². The molecule has 0 radical (unpaired) electrons. The number of hydrogen-bond acceptors (Lipinski definition) is 5. The van der Waals surface area contributed by atoms with Crippen LogP contribution in [-0.4, -0.2) is 52.8 Å². The normalized spacial score (nSPS) is 21.1. The van der Waals surface area contributed by atoms with E-state index in [1.165, 1.54) is 11.3 Å². The molecule has 0 spiro atoms. The number of piperidine rings is 1. The van der Waals surface area contributed by atoms with Gasteiger partial charge in [-0.25, -0.2) is 9.59 Å². The summed E-state index contributed by atoms with van der Waals surface area (Å²) in [6.07, 6.45) is 7.03. The Morgan fingerprint density at radius 2 is 1.84 bits per heavy atom. The number of carbonyl (C=O) groups is 2. The van der Waals surface area contributed by atoms with Crippen molar-refractivity contribution in [2.24, 2.45) is 0 Å². The Kier molecular flexibility index (Phi) is 5.96. The van der Waals surface area contributed by atoms with Gasteiger partial charge < -0.3 is 14.7 Å². The van der Waals surface area contributed by atoms with E-state index in [0.717, 1.165) is 50.8 Å². The number of carbonyl (C=O) groups excluding carboxylic acids is 1. The van der Waals surface area contributed by atoms with E-state index in [2.05, 4.69) is 16.9 Å². The third-order valence-electron chi connectivity index (χ3n) is 7.18. The lowest BCUT2D eigenvalue weighted by Crippen LogP contribution is -2.60. The molecule has 1 saturated heterocycles. The van der Waals surface area contributed by atoms with Crippen LogP contribution in [0.4, 0.5) is 10.5 Å². The molecule has 1 aromatic heterocycles. The lowest BCUT2D eigenvalue weighted by atomic mass is 9.83. The minimum atomic E-state index is -1.32. The summed E-state index contributed by atoms with van der Waals surface area (Å²) in [6.45, 7) is 3.50. The van der Waals surface area contributed by atoms with Crippen LogP contribution in [0.5, 0.6) is 5.75 Å². The molecule has 2 heterocycles. The molecule has 2 aromatic rings. The number of amides is 1. The second kappa shape index (κ2) is 8.67. The first-order valence-corrected chi connectivity index (χ1v) is 10.9. The van der Waals surface area contributed by atoms with E-state index >= 15 is 0 Å². The maximum absolute atomic E-state index is 13.1. The lowest BCUT2D eigenvalue weighted by Gasteiger charge is -2.49. The Morgan fingerprint density at radius 1 is 1.13 bits per heavy atom. The fourth-order valence-electron chi connectivity index (χ4n) is 5.42. The molecule has 7 heteroatoms. The predicted molar refractivity (Wildman–Crippen MR) is 117 cm³/mol. The molecule has 1 aromatic carbocycles. The van der Waals surface area contributed by atoms with E-state index in [1.807, 2.05) is 36.7 Å². The second-order valence-corrected chi connectivity index (χ2v) is 8.73. The number of benzene rings is 1. The van der Waals surface area contributed by atoms with Crippen LogP contribution in [0, 0.1) is 0 Å². The number of hydrogen-bond donors (Lipinski definition) is 1. The molecule has 1 N–H and O–H groups in total. The number of rotatable bonds is 4. The van der Waals surface area contributed by atoms with Crippen LogP contribution in [0.2, 0.25) is 0 Å². The Bertz CT molecular complexity index is 957. The summed E-state index contributed by atoms with van der Waals surface area (Å²) in [6, 6.07) is 9.78. The van der Waals surface area contributed by atoms with Gasteiger partial charge in [-0.1, -0.05) is 6.07 Å². The zero-order valence-corrected chi connectivity index (χ0v) is 18.2. The molecule has 4 rings (SSSR count). The van der Waals surface area contributed by atoms with Gasteiger partial charge in [0.1, 0.15) is 11.8 Å². The van der Waals surface area contributed by atoms with E-state index < -0.39 is 6.16 Å². The number of pyridine rings is 1. The Balaban J connectivity index is 1.61. The van der Waals surface area contributed by atoms with Crippen molar-refractivity contribution in [3.63, 3.8) is 0 Å². The van der Waals surface area contributed by atoms with Gasteiger partial charge in [0.2, 0.25) is 0 Å². The van der Waals surface area contributed by atoms with Crippen molar-refractivity contribution in [1.82, 2.24) is 4.98 Å². The molecule has 31 heavy (non-hydrogen) atoms. The monoisotopic (exact) mass is 424 g/mol. The summed E-state index contributed by atoms with van der Waals surface area (Å²) in [5, 5.41) is 9.02. The maximum Gasteiger partial charge on any atom is 0.511 e. The summed E-state index contributed by atoms with van der Waals surface area (Å²) < 4.78 is 5.28. The molecule has 1 aliphatic heterocycles. The van der Waals surface area contributed by atoms with E-state index in [-0.39, 0.29) is 18.0 Å². The largest absolute Gasteiger partial charge is 0.511 e. The molecule has 2 unspecified atom stereocenters. The van der Waals surface area contributed by atoms with Crippen molar-refractivity contribution < 1.29 is 23.9 Å². The second-order valence-electron chi connectivity index (χ2n) is 8.73. The van der Waals surface area contributed by atoms with Crippen molar-refractivity contribution in [3.05, 3.63) is 53.9 Å². The Labute approximate surface area is 182 Å². The van der Waals surface area contributed by atoms with E-state index in [9.17, 15) is 9.59 Å². The van der Waals surface area contributed by atoms with Crippen LogP contribution in [0.25, 0.3) is 0 Å². The maximum atomic E-state index is 13.1. The number of fused-ring (bicyclic) bond motifs is 1. The summed E-state index contributed by atoms with van der Waals surface area (Å²) in [4.78, 5) is 30.6. The number of ether oxygens (including phenoxy) is 1. The van der Waals surface area contributed by atoms with Crippen LogP contribution in [0.15, 0.2) is 42.7 Å². The van der Waals surface area contributed by atoms with Gasteiger partial charge in [-0.3, -0.25) is 9.47 Å². The van der Waals surface area contributed by atoms with E-state index in [1.54, 1.807) is 13.0 Å². The van der Waals surface area contributed by atoms with Crippen molar-refractivity contribution >= 4 is 17.7 Å². The summed E-state index contributed by atoms with van der Waals surface area (Å²) in [5.74, 6) is 0.477. The average molecular weight is 425 g/mol. The minimum absolute atomic E-state index is 0.0103. The standard InChI is InChI=1S/C24H29N3O4/c1-17(28)27(2,20-10-14-26(15-11-20)19-8-12-25-13-9-19)23-5-3-4-18-6-7-21(16-22(18)23)31-24(29)30/h6-9,12-13,16,20,23H,3-5,10-11,14-15H2,1-2H3/p+1. The van der Waals surface area contributed by atoms with Gasteiger partial charge in [0.05, 0.1) is 20.0 Å². The van der Waals surface area contributed by atoms with Gasteiger partial charge in [-0.15, -0.1) is 0 Å². The first-order valence-electron chi connectivity index (χ1n) is 10.9. The number of quaternary nitrogens is 1. The highest BCUT2D eigenvalue weighted by Crippen LogP contribution is 2.43. The highest BCUT2D eigenvalue weighted by Gasteiger charge is 2.47. The fourth-order valence-corrected chi connectivity index (χ4v) is 5.42. The first kappa shape index (κ1) is 21.3. The number of aromatic nitrogens is 1. The number of aryl methyl sites for hydroxylation is 1. The zero-order valence-electron chi connectivity index (χ0n) is 18.2. The van der Waals surface area contributed by atoms with Crippen molar-refractivity contribution in [1.29, 1.82) is 0 Å². The smallest absolute Gasteiger partial charge is 0.449 e. The van der Waals surface area contributed by atoms with Crippen molar-refractivity contribution in [2.75, 3.05) is 25.0 Å². The van der Waals surface area contributed by atoms with Gasteiger partial charge in [-0.05, 0) is 42.7 Å². The average Bonchev–Trinajstić information content (AvgIpc) is 2.78. The van der Waals surface area contributed by atoms with Gasteiger partial charge in [0, 0.05) is 56.0 Å². The summed E-state index contributed by atoms with van der Waals surface area (Å²) in [5.41, 5.74) is 3.41. The third-order valence-corrected chi connectivity index (χ3v) is 7.18. The third kappa shape index (κ3) is 4.14. The topological polar surface area (TPSA) is 79.7 Å². The fraction of sp³-hybridized carbons (Fsp3) is 0.458. The van der Waals surface area contributed by atoms with Crippen LogP contribution in [-0.2, 0) is 11.2 Å².